The molecule has 0 fully saturated rings. The average Bonchev–Trinajstić information content (AvgIpc) is 2.93. The lowest BCUT2D eigenvalue weighted by Crippen LogP contribution is -2.40. The highest BCUT2D eigenvalue weighted by molar-refractivity contribution is 5.67. The van der Waals surface area contributed by atoms with Crippen molar-refractivity contribution in [2.24, 2.45) is 0 Å². The van der Waals surface area contributed by atoms with Crippen LogP contribution in [0.3, 0.4) is 0 Å². The van der Waals surface area contributed by atoms with E-state index in [1.807, 2.05) is 0 Å². The van der Waals surface area contributed by atoms with Crippen LogP contribution in [0, 0.1) is 0 Å². The van der Waals surface area contributed by atoms with E-state index >= 15 is 0 Å². The summed E-state index contributed by atoms with van der Waals surface area (Å²) in [6.07, 6.45) is 0.131. The largest absolute Gasteiger partial charge is 0.394 e. The molecule has 0 bridgehead atoms. The Balaban J connectivity index is 0.000000190. The molecule has 0 aromatic carbocycles. The zero-order valence-electron chi connectivity index (χ0n) is 9.79. The molecule has 0 radical (unpaired) electrons. The summed E-state index contributed by atoms with van der Waals surface area (Å²) >= 11 is 0. The highest BCUT2D eigenvalue weighted by Crippen LogP contribution is 1.99. The maximum Gasteiger partial charge on any atom is 0.180 e. The number of hydrogen-bond acceptors (Lipinski definition) is 8. The molecule has 2 heterocycles. The molecule has 3 unspecified atom stereocenters. The lowest BCUT2D eigenvalue weighted by Gasteiger charge is -2.16. The third-order valence-electron chi connectivity index (χ3n) is 2.17. The number of carbonyl (C=O) groups excluding carboxylic acids is 1. The first-order chi connectivity index (χ1) is 9.10. The first-order valence-corrected chi connectivity index (χ1v) is 5.29. The Labute approximate surface area is 107 Å². The summed E-state index contributed by atoms with van der Waals surface area (Å²) in [7, 11) is 0. The van der Waals surface area contributed by atoms with Gasteiger partial charge in [0, 0.05) is 0 Å². The summed E-state index contributed by atoms with van der Waals surface area (Å²) in [5, 5.41) is 34.1. The molecule has 2 aromatic rings. The number of aliphatic hydroxyl groups is 4. The van der Waals surface area contributed by atoms with E-state index in [2.05, 4.69) is 19.9 Å². The molecule has 0 saturated carbocycles. The second kappa shape index (κ2) is 7.48. The van der Waals surface area contributed by atoms with Gasteiger partial charge >= 0.3 is 0 Å². The summed E-state index contributed by atoms with van der Waals surface area (Å²) in [5.74, 6) is 0. The molecule has 19 heavy (non-hydrogen) atoms. The molecule has 0 aliphatic heterocycles. The number of fused-ring (bicyclic) bond motifs is 1. The minimum atomic E-state index is -1.64. The van der Waals surface area contributed by atoms with Crippen LogP contribution in [-0.4, -0.2) is 71.6 Å². The Morgan fingerprint density at radius 1 is 1.32 bits per heavy atom. The van der Waals surface area contributed by atoms with Crippen molar-refractivity contribution in [2.45, 2.75) is 18.3 Å². The van der Waals surface area contributed by atoms with Crippen LogP contribution >= 0.6 is 0 Å². The van der Waals surface area contributed by atoms with Crippen molar-refractivity contribution in [3.63, 3.8) is 0 Å². The van der Waals surface area contributed by atoms with Crippen molar-refractivity contribution >= 4 is 17.5 Å². The van der Waals surface area contributed by atoms with Gasteiger partial charge in [-0.15, -0.1) is 0 Å². The molecule has 2 aromatic heterocycles. The van der Waals surface area contributed by atoms with Crippen LogP contribution in [0.4, 0.5) is 0 Å². The highest BCUT2D eigenvalue weighted by atomic mass is 16.4. The van der Waals surface area contributed by atoms with E-state index < -0.39 is 24.9 Å². The third kappa shape index (κ3) is 4.34. The molecule has 2 rings (SSSR count). The number of carbonyl (C=O) groups is 1. The fourth-order valence-electron chi connectivity index (χ4n) is 1.11. The number of nitrogens with zero attached hydrogens (tertiary/aromatic N) is 3. The molecule has 0 amide bonds. The maximum atomic E-state index is 9.76. The van der Waals surface area contributed by atoms with Gasteiger partial charge in [-0.3, -0.25) is 0 Å². The van der Waals surface area contributed by atoms with Gasteiger partial charge < -0.3 is 30.2 Å². The van der Waals surface area contributed by atoms with Crippen LogP contribution < -0.4 is 0 Å². The van der Waals surface area contributed by atoms with Crippen LogP contribution in [0.1, 0.15) is 0 Å². The number of rotatable bonds is 4. The lowest BCUT2D eigenvalue weighted by atomic mass is 10.1. The number of hydrogen-bond donors (Lipinski definition) is 5. The van der Waals surface area contributed by atoms with E-state index in [-0.39, 0.29) is 6.29 Å². The minimum Gasteiger partial charge on any atom is -0.394 e. The van der Waals surface area contributed by atoms with E-state index in [1.165, 1.54) is 6.33 Å². The average molecular weight is 270 g/mol. The molecule has 3 atom stereocenters. The first kappa shape index (κ1) is 15.1. The smallest absolute Gasteiger partial charge is 0.180 e. The van der Waals surface area contributed by atoms with Gasteiger partial charge in [0.2, 0.25) is 0 Å². The van der Waals surface area contributed by atoms with Gasteiger partial charge in [0.25, 0.3) is 0 Å². The Bertz CT molecular complexity index is 475. The van der Waals surface area contributed by atoms with Crippen LogP contribution in [0.2, 0.25) is 0 Å². The fraction of sp³-hybridized carbons (Fsp3) is 0.400. The molecular formula is C10H14N4O5. The van der Waals surface area contributed by atoms with Gasteiger partial charge in [0.1, 0.15) is 30.2 Å². The normalized spacial score (nSPS) is 15.2. The summed E-state index contributed by atoms with van der Waals surface area (Å²) in [4.78, 5) is 24.2. The number of imidazole rings is 1. The van der Waals surface area contributed by atoms with Crippen molar-refractivity contribution in [1.29, 1.82) is 0 Å². The number of aldehydes is 1. The van der Waals surface area contributed by atoms with Crippen LogP contribution in [0.25, 0.3) is 11.2 Å². The molecule has 9 nitrogen and oxygen atoms in total. The van der Waals surface area contributed by atoms with Gasteiger partial charge in [-0.25, -0.2) is 15.0 Å². The second-order valence-corrected chi connectivity index (χ2v) is 3.53. The van der Waals surface area contributed by atoms with Gasteiger partial charge in [-0.1, -0.05) is 0 Å². The molecular weight excluding hydrogens is 256 g/mol. The highest BCUT2D eigenvalue weighted by Gasteiger charge is 2.22. The quantitative estimate of drug-likeness (QED) is 0.386. The molecule has 5 N–H and O–H groups in total. The second-order valence-electron chi connectivity index (χ2n) is 3.53. The van der Waals surface area contributed by atoms with Crippen molar-refractivity contribution in [2.75, 3.05) is 6.61 Å². The Hall–Kier alpha value is -1.94. The predicted molar refractivity (Wildman–Crippen MR) is 62.9 cm³/mol. The van der Waals surface area contributed by atoms with E-state index in [0.717, 1.165) is 5.52 Å². The number of aliphatic hydroxyl groups excluding tert-OH is 4. The Kier molecular flexibility index (Phi) is 5.96. The van der Waals surface area contributed by atoms with Crippen molar-refractivity contribution in [3.8, 4) is 0 Å². The van der Waals surface area contributed by atoms with Crippen LogP contribution in [0.5, 0.6) is 0 Å². The summed E-state index contributed by atoms with van der Waals surface area (Å²) < 4.78 is 0. The monoisotopic (exact) mass is 270 g/mol. The minimum absolute atomic E-state index is 0.0869. The molecule has 0 saturated heterocycles. The SMILES string of the molecule is O=CC(O)C(O)C(O)CO.c1ncc2[nH]cnc2n1. The summed E-state index contributed by atoms with van der Waals surface area (Å²) in [6.45, 7) is -0.688. The number of nitrogens with one attached hydrogen (secondary N) is 1. The molecule has 0 spiro atoms. The van der Waals surface area contributed by atoms with Gasteiger partial charge in [0.05, 0.1) is 19.1 Å². The Morgan fingerprint density at radius 3 is 2.63 bits per heavy atom. The fourth-order valence-corrected chi connectivity index (χ4v) is 1.11. The van der Waals surface area contributed by atoms with E-state index in [4.69, 9.17) is 20.4 Å². The zero-order chi connectivity index (χ0) is 14.3. The molecule has 0 aliphatic carbocycles. The summed E-state index contributed by atoms with van der Waals surface area (Å²) in [6, 6.07) is 0. The van der Waals surface area contributed by atoms with Gasteiger partial charge in [-0.05, 0) is 0 Å². The van der Waals surface area contributed by atoms with Crippen molar-refractivity contribution in [3.05, 3.63) is 18.9 Å². The lowest BCUT2D eigenvalue weighted by molar-refractivity contribution is -0.127. The molecule has 0 aliphatic rings. The van der Waals surface area contributed by atoms with E-state index in [0.29, 0.717) is 5.65 Å². The van der Waals surface area contributed by atoms with Crippen molar-refractivity contribution < 1.29 is 25.2 Å². The third-order valence-corrected chi connectivity index (χ3v) is 2.17. The maximum absolute atomic E-state index is 9.76. The molecule has 104 valence electrons. The number of aromatic nitrogens is 4. The van der Waals surface area contributed by atoms with Crippen LogP contribution in [0.15, 0.2) is 18.9 Å². The van der Waals surface area contributed by atoms with E-state index in [1.54, 1.807) is 12.5 Å². The van der Waals surface area contributed by atoms with Crippen LogP contribution in [-0.2, 0) is 4.79 Å². The Morgan fingerprint density at radius 2 is 2.05 bits per heavy atom. The number of H-pyrrole nitrogens is 1. The predicted octanol–water partition coefficient (Wildman–Crippen LogP) is -2.39. The van der Waals surface area contributed by atoms with Gasteiger partial charge in [-0.2, -0.15) is 0 Å². The molecule has 9 heteroatoms. The standard InChI is InChI=1S/C5H4N4.C5H10O5/c1-4-5(8-2-6-1)9-3-7-4;6-1-3(8)5(10)4(9)2-7/h1-3H,(H,6,7,8,9);1,3-5,7-10H,2H2. The van der Waals surface area contributed by atoms with Gasteiger partial charge in [0.15, 0.2) is 11.9 Å². The summed E-state index contributed by atoms with van der Waals surface area (Å²) in [5.41, 5.74) is 1.59. The van der Waals surface area contributed by atoms with Crippen molar-refractivity contribution in [1.82, 2.24) is 19.9 Å². The first-order valence-electron chi connectivity index (χ1n) is 5.29. The zero-order valence-corrected chi connectivity index (χ0v) is 9.79. The van der Waals surface area contributed by atoms with E-state index in [9.17, 15) is 4.79 Å². The topological polar surface area (TPSA) is 152 Å². The number of aromatic amines is 1.